The highest BCUT2D eigenvalue weighted by molar-refractivity contribution is 6.09. The van der Waals surface area contributed by atoms with Crippen LogP contribution in [-0.4, -0.2) is 32.1 Å². The van der Waals surface area contributed by atoms with Crippen LogP contribution in [0.4, 0.5) is 14.5 Å². The highest BCUT2D eigenvalue weighted by Crippen LogP contribution is 2.20. The van der Waals surface area contributed by atoms with Gasteiger partial charge in [0, 0.05) is 25.4 Å². The summed E-state index contributed by atoms with van der Waals surface area (Å²) in [6.07, 6.45) is 0. The quantitative estimate of drug-likeness (QED) is 0.620. The second-order valence-corrected chi connectivity index (χ2v) is 4.96. The van der Waals surface area contributed by atoms with E-state index in [1.807, 2.05) is 0 Å². The van der Waals surface area contributed by atoms with E-state index in [1.54, 1.807) is 0 Å². The van der Waals surface area contributed by atoms with Gasteiger partial charge in [0.25, 0.3) is 0 Å². The van der Waals surface area contributed by atoms with Crippen LogP contribution < -0.4 is 10.6 Å². The van der Waals surface area contributed by atoms with Gasteiger partial charge in [-0.05, 0) is 26.0 Å². The van der Waals surface area contributed by atoms with Gasteiger partial charge in [-0.2, -0.15) is 0 Å². The van der Waals surface area contributed by atoms with Crippen LogP contribution in [-0.2, 0) is 14.3 Å². The van der Waals surface area contributed by atoms with Crippen molar-refractivity contribution in [3.05, 3.63) is 29.8 Å². The molecule has 1 aromatic carbocycles. The molecule has 1 aromatic rings. The smallest absolute Gasteiger partial charge is 0.239 e. The van der Waals surface area contributed by atoms with E-state index in [-0.39, 0.29) is 12.2 Å². The molecule has 0 aliphatic heterocycles. The van der Waals surface area contributed by atoms with Crippen LogP contribution in [0.3, 0.4) is 0 Å². The molecule has 0 radical (unpaired) electrons. The molecule has 0 fully saturated rings. The Kier molecular flexibility index (Phi) is 5.78. The highest BCUT2D eigenvalue weighted by Gasteiger charge is 2.35. The van der Waals surface area contributed by atoms with Gasteiger partial charge in [-0.15, -0.1) is 0 Å². The van der Waals surface area contributed by atoms with Gasteiger partial charge in [0.2, 0.25) is 11.8 Å². The number of ether oxygens (including phenoxy) is 1. The second kappa shape index (κ2) is 7.12. The van der Waals surface area contributed by atoms with Gasteiger partial charge in [-0.3, -0.25) is 9.59 Å². The molecule has 0 spiro atoms. The molecule has 2 N–H and O–H groups in total. The van der Waals surface area contributed by atoms with E-state index in [2.05, 4.69) is 10.6 Å². The van der Waals surface area contributed by atoms with Crippen LogP contribution >= 0.6 is 0 Å². The normalized spacial score (nSPS) is 11.1. The summed E-state index contributed by atoms with van der Waals surface area (Å²) in [5, 5.41) is 4.94. The molecule has 0 unspecified atom stereocenters. The molecule has 0 aromatic heterocycles. The number of carbonyl (C=O) groups excluding carboxylic acids is 2. The summed E-state index contributed by atoms with van der Waals surface area (Å²) in [5.74, 6) is -3.19. The van der Waals surface area contributed by atoms with Crippen molar-refractivity contribution in [2.24, 2.45) is 5.41 Å². The topological polar surface area (TPSA) is 67.4 Å². The lowest BCUT2D eigenvalue weighted by Crippen LogP contribution is -2.45. The molecule has 2 amide bonds. The molecule has 0 saturated heterocycles. The lowest BCUT2D eigenvalue weighted by molar-refractivity contribution is -0.138. The Bertz CT molecular complexity index is 533. The number of amides is 2. The minimum Gasteiger partial charge on any atom is -0.383 e. The summed E-state index contributed by atoms with van der Waals surface area (Å²) < 4.78 is 30.7. The SMILES string of the molecule is COCCNC(=O)C(C)(C)C(=O)Nc1ccc(F)c(F)c1. The maximum absolute atomic E-state index is 13.1. The Morgan fingerprint density at radius 3 is 2.43 bits per heavy atom. The number of methoxy groups -OCH3 is 1. The zero-order valence-electron chi connectivity index (χ0n) is 12.1. The molecular weight excluding hydrogens is 282 g/mol. The summed E-state index contributed by atoms with van der Waals surface area (Å²) in [6.45, 7) is 3.47. The average Bonchev–Trinajstić information content (AvgIpc) is 2.43. The second-order valence-electron chi connectivity index (χ2n) is 4.96. The molecule has 0 bridgehead atoms. The van der Waals surface area contributed by atoms with Crippen LogP contribution in [0.15, 0.2) is 18.2 Å². The van der Waals surface area contributed by atoms with Crippen LogP contribution in [0.2, 0.25) is 0 Å². The van der Waals surface area contributed by atoms with Crippen molar-refractivity contribution in [3.8, 4) is 0 Å². The van der Waals surface area contributed by atoms with Gasteiger partial charge in [-0.25, -0.2) is 8.78 Å². The molecule has 116 valence electrons. The molecule has 0 heterocycles. The molecular formula is C14H18F2N2O3. The molecule has 0 saturated carbocycles. The average molecular weight is 300 g/mol. The van der Waals surface area contributed by atoms with Crippen molar-refractivity contribution in [2.75, 3.05) is 25.6 Å². The largest absolute Gasteiger partial charge is 0.383 e. The van der Waals surface area contributed by atoms with Crippen molar-refractivity contribution in [1.82, 2.24) is 5.32 Å². The Morgan fingerprint density at radius 2 is 1.86 bits per heavy atom. The fourth-order valence-corrected chi connectivity index (χ4v) is 1.45. The van der Waals surface area contributed by atoms with Gasteiger partial charge in [-0.1, -0.05) is 0 Å². The summed E-state index contributed by atoms with van der Waals surface area (Å²) in [4.78, 5) is 24.0. The summed E-state index contributed by atoms with van der Waals surface area (Å²) in [7, 11) is 1.49. The number of hydrogen-bond acceptors (Lipinski definition) is 3. The van der Waals surface area contributed by atoms with Crippen molar-refractivity contribution in [2.45, 2.75) is 13.8 Å². The lowest BCUT2D eigenvalue weighted by Gasteiger charge is -2.22. The van der Waals surface area contributed by atoms with E-state index in [9.17, 15) is 18.4 Å². The Hall–Kier alpha value is -2.02. The first-order valence-corrected chi connectivity index (χ1v) is 6.32. The third-order valence-electron chi connectivity index (χ3n) is 2.90. The molecule has 5 nitrogen and oxygen atoms in total. The van der Waals surface area contributed by atoms with Crippen molar-refractivity contribution < 1.29 is 23.1 Å². The first kappa shape index (κ1) is 17.0. The first-order valence-electron chi connectivity index (χ1n) is 6.32. The van der Waals surface area contributed by atoms with E-state index in [4.69, 9.17) is 4.74 Å². The molecule has 21 heavy (non-hydrogen) atoms. The Labute approximate surface area is 121 Å². The van der Waals surface area contributed by atoms with Crippen LogP contribution in [0.1, 0.15) is 13.8 Å². The van der Waals surface area contributed by atoms with Crippen molar-refractivity contribution in [1.29, 1.82) is 0 Å². The van der Waals surface area contributed by atoms with E-state index in [0.29, 0.717) is 6.61 Å². The predicted molar refractivity (Wildman–Crippen MR) is 73.7 cm³/mol. The molecule has 0 atom stereocenters. The van der Waals surface area contributed by atoms with Crippen molar-refractivity contribution in [3.63, 3.8) is 0 Å². The van der Waals surface area contributed by atoms with Gasteiger partial charge in [0.05, 0.1) is 6.61 Å². The minimum atomic E-state index is -1.36. The standard InChI is InChI=1S/C14H18F2N2O3/c1-14(2,12(19)17-6-7-21-3)13(20)18-9-4-5-10(15)11(16)8-9/h4-5,8H,6-7H2,1-3H3,(H,17,19)(H,18,20). The molecule has 1 rings (SSSR count). The van der Waals surface area contributed by atoms with Crippen molar-refractivity contribution >= 4 is 17.5 Å². The van der Waals surface area contributed by atoms with Gasteiger partial charge in [0.1, 0.15) is 5.41 Å². The lowest BCUT2D eigenvalue weighted by atomic mass is 9.91. The molecule has 0 aliphatic carbocycles. The number of anilines is 1. The fourth-order valence-electron chi connectivity index (χ4n) is 1.45. The summed E-state index contributed by atoms with van der Waals surface area (Å²) in [5.41, 5.74) is -1.28. The number of carbonyl (C=O) groups is 2. The fraction of sp³-hybridized carbons (Fsp3) is 0.429. The van der Waals surface area contributed by atoms with E-state index in [1.165, 1.54) is 27.0 Å². The third kappa shape index (κ3) is 4.49. The van der Waals surface area contributed by atoms with Gasteiger partial charge in [0.15, 0.2) is 11.6 Å². The first-order chi connectivity index (χ1) is 9.78. The van der Waals surface area contributed by atoms with E-state index in [0.717, 1.165) is 12.1 Å². The minimum absolute atomic E-state index is 0.0802. The monoisotopic (exact) mass is 300 g/mol. The summed E-state index contributed by atoms with van der Waals surface area (Å²) >= 11 is 0. The van der Waals surface area contributed by atoms with Crippen LogP contribution in [0.5, 0.6) is 0 Å². The highest BCUT2D eigenvalue weighted by atomic mass is 19.2. The molecule has 7 heteroatoms. The number of rotatable bonds is 6. The Morgan fingerprint density at radius 1 is 1.19 bits per heavy atom. The zero-order chi connectivity index (χ0) is 16.0. The van der Waals surface area contributed by atoms with Gasteiger partial charge >= 0.3 is 0 Å². The maximum atomic E-state index is 13.1. The number of hydrogen-bond donors (Lipinski definition) is 2. The predicted octanol–water partition coefficient (Wildman–Crippen LogP) is 1.69. The molecule has 0 aliphatic rings. The Balaban J connectivity index is 2.71. The maximum Gasteiger partial charge on any atom is 0.239 e. The van der Waals surface area contributed by atoms with Crippen LogP contribution in [0, 0.1) is 17.0 Å². The zero-order valence-corrected chi connectivity index (χ0v) is 12.1. The number of benzene rings is 1. The van der Waals surface area contributed by atoms with Crippen LogP contribution in [0.25, 0.3) is 0 Å². The summed E-state index contributed by atoms with van der Waals surface area (Å²) in [6, 6.07) is 2.97. The van der Waals surface area contributed by atoms with E-state index >= 15 is 0 Å². The number of nitrogens with one attached hydrogen (secondary N) is 2. The van der Waals surface area contributed by atoms with E-state index < -0.39 is 28.9 Å². The van der Waals surface area contributed by atoms with Gasteiger partial charge < -0.3 is 15.4 Å². The third-order valence-corrected chi connectivity index (χ3v) is 2.90. The number of halogens is 2.